The van der Waals surface area contributed by atoms with E-state index < -0.39 is 5.60 Å². The molecule has 0 amide bonds. The lowest BCUT2D eigenvalue weighted by Gasteiger charge is -2.42. The lowest BCUT2D eigenvalue weighted by atomic mass is 9.91. The Morgan fingerprint density at radius 2 is 2.37 bits per heavy atom. The molecule has 3 N–H and O–H groups in total. The number of halogens is 1. The summed E-state index contributed by atoms with van der Waals surface area (Å²) in [4.78, 5) is 3.65. The third kappa shape index (κ3) is 3.79. The van der Waals surface area contributed by atoms with Gasteiger partial charge in [-0.1, -0.05) is 6.92 Å². The van der Waals surface area contributed by atoms with Crippen LogP contribution < -0.4 is 5.73 Å². The molecule has 1 aromatic rings. The average molecular weight is 347 g/mol. The fourth-order valence-electron chi connectivity index (χ4n) is 2.86. The zero-order chi connectivity index (χ0) is 14.0. The van der Waals surface area contributed by atoms with E-state index in [9.17, 15) is 5.11 Å². The second-order valence-corrected chi connectivity index (χ2v) is 7.61. The molecule has 19 heavy (non-hydrogen) atoms. The van der Waals surface area contributed by atoms with Crippen molar-refractivity contribution in [3.8, 4) is 0 Å². The van der Waals surface area contributed by atoms with Gasteiger partial charge in [-0.25, -0.2) is 0 Å². The summed E-state index contributed by atoms with van der Waals surface area (Å²) in [7, 11) is 0. The summed E-state index contributed by atoms with van der Waals surface area (Å²) in [6.07, 6.45) is 2.86. The Bertz CT molecular complexity index is 421. The minimum absolute atomic E-state index is 0.111. The van der Waals surface area contributed by atoms with Crippen LogP contribution in [0.15, 0.2) is 15.9 Å². The molecule has 3 atom stereocenters. The van der Waals surface area contributed by atoms with E-state index in [4.69, 9.17) is 5.73 Å². The van der Waals surface area contributed by atoms with Gasteiger partial charge in [0.2, 0.25) is 0 Å². The molecular weight excluding hydrogens is 324 g/mol. The SMILES string of the molecule is CCC(N)C(c1cc(Br)cs1)N1CCCC(C)(O)C1. The number of thiophene rings is 1. The normalized spacial score (nSPS) is 28.3. The molecule has 1 aromatic heterocycles. The topological polar surface area (TPSA) is 49.5 Å². The van der Waals surface area contributed by atoms with Gasteiger partial charge in [0.15, 0.2) is 0 Å². The highest BCUT2D eigenvalue weighted by Gasteiger charge is 2.35. The molecule has 0 aromatic carbocycles. The molecule has 1 aliphatic rings. The van der Waals surface area contributed by atoms with Gasteiger partial charge in [-0.3, -0.25) is 4.90 Å². The van der Waals surface area contributed by atoms with Gasteiger partial charge in [0, 0.05) is 27.3 Å². The summed E-state index contributed by atoms with van der Waals surface area (Å²) in [6, 6.07) is 2.49. The first-order chi connectivity index (χ1) is 8.93. The average Bonchev–Trinajstić information content (AvgIpc) is 2.74. The monoisotopic (exact) mass is 346 g/mol. The van der Waals surface area contributed by atoms with E-state index in [1.807, 2.05) is 6.92 Å². The van der Waals surface area contributed by atoms with Crippen molar-refractivity contribution < 1.29 is 5.11 Å². The standard InChI is InChI=1S/C14H23BrN2OS/c1-3-11(16)13(12-7-10(15)8-19-12)17-6-4-5-14(2,18)9-17/h7-8,11,13,18H,3-6,9,16H2,1-2H3. The van der Waals surface area contributed by atoms with E-state index >= 15 is 0 Å². The van der Waals surface area contributed by atoms with Gasteiger partial charge in [-0.2, -0.15) is 0 Å². The lowest BCUT2D eigenvalue weighted by molar-refractivity contribution is -0.0338. The molecule has 0 bridgehead atoms. The van der Waals surface area contributed by atoms with Crippen LogP contribution in [0.4, 0.5) is 0 Å². The quantitative estimate of drug-likeness (QED) is 0.880. The Morgan fingerprint density at radius 3 is 2.89 bits per heavy atom. The largest absolute Gasteiger partial charge is 0.389 e. The first kappa shape index (κ1) is 15.4. The van der Waals surface area contributed by atoms with Crippen molar-refractivity contribution in [2.75, 3.05) is 13.1 Å². The fourth-order valence-corrected chi connectivity index (χ4v) is 4.52. The maximum atomic E-state index is 10.3. The van der Waals surface area contributed by atoms with E-state index in [0.717, 1.165) is 30.3 Å². The number of nitrogens with two attached hydrogens (primary N) is 1. The number of piperidine rings is 1. The summed E-state index contributed by atoms with van der Waals surface area (Å²) in [6.45, 7) is 5.78. The van der Waals surface area contributed by atoms with E-state index in [1.165, 1.54) is 4.88 Å². The number of rotatable bonds is 4. The van der Waals surface area contributed by atoms with Crippen LogP contribution in [0.3, 0.4) is 0 Å². The zero-order valence-corrected chi connectivity index (χ0v) is 14.0. The van der Waals surface area contributed by atoms with Crippen LogP contribution in [-0.2, 0) is 0 Å². The second-order valence-electron chi connectivity index (χ2n) is 5.76. The number of hydrogen-bond acceptors (Lipinski definition) is 4. The van der Waals surface area contributed by atoms with Gasteiger partial charge in [0.05, 0.1) is 11.6 Å². The third-order valence-corrected chi connectivity index (χ3v) is 5.62. The maximum absolute atomic E-state index is 10.3. The van der Waals surface area contributed by atoms with Crippen LogP contribution in [0.1, 0.15) is 44.0 Å². The first-order valence-electron chi connectivity index (χ1n) is 6.89. The predicted octanol–water partition coefficient (Wildman–Crippen LogP) is 3.14. The van der Waals surface area contributed by atoms with Gasteiger partial charge in [0.1, 0.15) is 0 Å². The summed E-state index contributed by atoms with van der Waals surface area (Å²) < 4.78 is 1.12. The third-order valence-electron chi connectivity index (χ3n) is 3.85. The molecule has 0 aliphatic carbocycles. The number of likely N-dealkylation sites (tertiary alicyclic amines) is 1. The lowest BCUT2D eigenvalue weighted by Crippen LogP contribution is -2.51. The zero-order valence-electron chi connectivity index (χ0n) is 11.6. The van der Waals surface area contributed by atoms with Crippen molar-refractivity contribution in [3.63, 3.8) is 0 Å². The van der Waals surface area contributed by atoms with Gasteiger partial charge in [-0.05, 0) is 54.7 Å². The van der Waals surface area contributed by atoms with E-state index in [2.05, 4.69) is 39.2 Å². The molecule has 1 fully saturated rings. The molecule has 2 rings (SSSR count). The fraction of sp³-hybridized carbons (Fsp3) is 0.714. The van der Waals surface area contributed by atoms with Gasteiger partial charge >= 0.3 is 0 Å². The van der Waals surface area contributed by atoms with E-state index in [1.54, 1.807) is 11.3 Å². The summed E-state index contributed by atoms with van der Waals surface area (Å²) in [5.41, 5.74) is 5.76. The summed E-state index contributed by atoms with van der Waals surface area (Å²) in [5, 5.41) is 12.4. The second kappa shape index (κ2) is 6.22. The van der Waals surface area contributed by atoms with Crippen LogP contribution in [0.2, 0.25) is 0 Å². The van der Waals surface area contributed by atoms with Crippen LogP contribution in [-0.4, -0.2) is 34.7 Å². The number of β-amino-alcohol motifs (C(OH)–C–C–N with tert-alkyl or cyclic N) is 1. The Morgan fingerprint density at radius 1 is 1.63 bits per heavy atom. The minimum Gasteiger partial charge on any atom is -0.389 e. The highest BCUT2D eigenvalue weighted by molar-refractivity contribution is 9.10. The van der Waals surface area contributed by atoms with Gasteiger partial charge in [-0.15, -0.1) is 11.3 Å². The number of aliphatic hydroxyl groups is 1. The number of nitrogens with zero attached hydrogens (tertiary/aromatic N) is 1. The van der Waals surface area contributed by atoms with Crippen molar-refractivity contribution in [1.29, 1.82) is 0 Å². The molecule has 3 unspecified atom stereocenters. The van der Waals surface area contributed by atoms with Crippen LogP contribution >= 0.6 is 27.3 Å². The molecule has 5 heteroatoms. The van der Waals surface area contributed by atoms with E-state index in [0.29, 0.717) is 6.54 Å². The van der Waals surface area contributed by atoms with Crippen molar-refractivity contribution in [2.45, 2.75) is 50.8 Å². The van der Waals surface area contributed by atoms with Crippen molar-refractivity contribution in [1.82, 2.24) is 4.90 Å². The van der Waals surface area contributed by atoms with Crippen molar-refractivity contribution in [2.24, 2.45) is 5.73 Å². The first-order valence-corrected chi connectivity index (χ1v) is 8.56. The molecule has 108 valence electrons. The van der Waals surface area contributed by atoms with E-state index in [-0.39, 0.29) is 12.1 Å². The predicted molar refractivity (Wildman–Crippen MR) is 84.5 cm³/mol. The Balaban J connectivity index is 2.22. The molecule has 3 nitrogen and oxygen atoms in total. The maximum Gasteiger partial charge on any atom is 0.0746 e. The molecule has 2 heterocycles. The van der Waals surface area contributed by atoms with Crippen LogP contribution in [0.25, 0.3) is 0 Å². The Hall–Kier alpha value is 0.0600. The highest BCUT2D eigenvalue weighted by atomic mass is 79.9. The van der Waals surface area contributed by atoms with Crippen molar-refractivity contribution in [3.05, 3.63) is 20.8 Å². The van der Waals surface area contributed by atoms with Crippen LogP contribution in [0, 0.1) is 0 Å². The molecular formula is C14H23BrN2OS. The molecule has 0 spiro atoms. The Kier molecular flexibility index (Phi) is 5.06. The van der Waals surface area contributed by atoms with Gasteiger partial charge < -0.3 is 10.8 Å². The number of hydrogen-bond donors (Lipinski definition) is 2. The summed E-state index contributed by atoms with van der Waals surface area (Å²) >= 11 is 5.26. The smallest absolute Gasteiger partial charge is 0.0746 e. The Labute approximate surface area is 127 Å². The summed E-state index contributed by atoms with van der Waals surface area (Å²) in [5.74, 6) is 0. The minimum atomic E-state index is -0.585. The van der Waals surface area contributed by atoms with Crippen molar-refractivity contribution >= 4 is 27.3 Å². The van der Waals surface area contributed by atoms with Crippen LogP contribution in [0.5, 0.6) is 0 Å². The molecule has 1 aliphatic heterocycles. The highest BCUT2D eigenvalue weighted by Crippen LogP contribution is 2.35. The molecule has 0 radical (unpaired) electrons. The van der Waals surface area contributed by atoms with Gasteiger partial charge in [0.25, 0.3) is 0 Å². The molecule has 0 saturated carbocycles. The molecule has 1 saturated heterocycles.